The van der Waals surface area contributed by atoms with Gasteiger partial charge in [0.25, 0.3) is 0 Å². The van der Waals surface area contributed by atoms with Crippen LogP contribution in [-0.2, 0) is 19.5 Å². The number of hydrogen-bond donors (Lipinski definition) is 1. The van der Waals surface area contributed by atoms with E-state index in [1.807, 2.05) is 35.9 Å². The first-order valence-corrected chi connectivity index (χ1v) is 6.87. The van der Waals surface area contributed by atoms with Crippen LogP contribution in [-0.4, -0.2) is 20.8 Å². The van der Waals surface area contributed by atoms with Crippen LogP contribution in [0, 0.1) is 18.3 Å². The van der Waals surface area contributed by atoms with Crippen LogP contribution in [0.5, 0.6) is 0 Å². The van der Waals surface area contributed by atoms with Gasteiger partial charge in [-0.05, 0) is 31.0 Å². The summed E-state index contributed by atoms with van der Waals surface area (Å²) in [6, 6.07) is 10.3. The predicted octanol–water partition coefficient (Wildman–Crippen LogP) is 1.56. The van der Waals surface area contributed by atoms with E-state index in [0.29, 0.717) is 11.6 Å². The zero-order chi connectivity index (χ0) is 13.9. The molecule has 1 aromatic carbocycles. The number of nitrogens with one attached hydrogen (secondary N) is 1. The van der Waals surface area contributed by atoms with Crippen molar-refractivity contribution >= 4 is 0 Å². The van der Waals surface area contributed by atoms with Crippen LogP contribution < -0.4 is 5.32 Å². The first-order chi connectivity index (χ1) is 9.74. The molecule has 102 valence electrons. The summed E-state index contributed by atoms with van der Waals surface area (Å²) in [7, 11) is 0. The zero-order valence-electron chi connectivity index (χ0n) is 11.5. The minimum atomic E-state index is 0.411. The van der Waals surface area contributed by atoms with E-state index in [4.69, 9.17) is 5.26 Å². The molecule has 0 fully saturated rings. The number of nitriles is 1. The summed E-state index contributed by atoms with van der Waals surface area (Å²) in [5.41, 5.74) is 1.85. The highest BCUT2D eigenvalue weighted by Crippen LogP contribution is 2.13. The number of aromatic nitrogens is 3. The normalized spacial score (nSPS) is 17.5. The smallest absolute Gasteiger partial charge is 0.147 e. The molecule has 0 aliphatic carbocycles. The van der Waals surface area contributed by atoms with Crippen molar-refractivity contribution in [1.29, 1.82) is 5.26 Å². The minimum absolute atomic E-state index is 0.411. The van der Waals surface area contributed by atoms with Gasteiger partial charge in [-0.1, -0.05) is 12.1 Å². The standard InChI is InChI=1S/C15H17N5/c1-11-18-15-6-5-14(10-20(15)19-11)17-9-13-4-2-3-12(7-13)8-16/h2-4,7,14,17H,5-6,9-10H2,1H3/t14-/m0/s1. The van der Waals surface area contributed by atoms with Crippen LogP contribution >= 0.6 is 0 Å². The number of benzene rings is 1. The molecule has 0 radical (unpaired) electrons. The molecular weight excluding hydrogens is 250 g/mol. The summed E-state index contributed by atoms with van der Waals surface area (Å²) in [5.74, 6) is 1.94. The summed E-state index contributed by atoms with van der Waals surface area (Å²) >= 11 is 0. The zero-order valence-corrected chi connectivity index (χ0v) is 11.5. The van der Waals surface area contributed by atoms with Gasteiger partial charge in [0.1, 0.15) is 11.6 Å². The minimum Gasteiger partial charge on any atom is -0.308 e. The Kier molecular flexibility index (Phi) is 3.48. The van der Waals surface area contributed by atoms with Crippen molar-refractivity contribution < 1.29 is 0 Å². The third-order valence-corrected chi connectivity index (χ3v) is 3.61. The molecule has 20 heavy (non-hydrogen) atoms. The average molecular weight is 267 g/mol. The highest BCUT2D eigenvalue weighted by molar-refractivity contribution is 5.32. The molecule has 0 bridgehead atoms. The van der Waals surface area contributed by atoms with Crippen molar-refractivity contribution in [3.8, 4) is 6.07 Å². The van der Waals surface area contributed by atoms with Crippen molar-refractivity contribution in [1.82, 2.24) is 20.1 Å². The Hall–Kier alpha value is -2.19. The van der Waals surface area contributed by atoms with Gasteiger partial charge in [0, 0.05) is 19.0 Å². The van der Waals surface area contributed by atoms with E-state index in [9.17, 15) is 0 Å². The fourth-order valence-electron chi connectivity index (χ4n) is 2.61. The molecule has 5 heteroatoms. The van der Waals surface area contributed by atoms with E-state index in [1.54, 1.807) is 0 Å². The Morgan fingerprint density at radius 2 is 2.40 bits per heavy atom. The van der Waals surface area contributed by atoms with Gasteiger partial charge < -0.3 is 5.32 Å². The van der Waals surface area contributed by atoms with Gasteiger partial charge in [-0.2, -0.15) is 10.4 Å². The Labute approximate surface area is 118 Å². The van der Waals surface area contributed by atoms with E-state index in [1.165, 1.54) is 0 Å². The summed E-state index contributed by atoms with van der Waals surface area (Å²) in [6.07, 6.45) is 2.05. The van der Waals surface area contributed by atoms with Crippen LogP contribution in [0.15, 0.2) is 24.3 Å². The molecule has 0 spiro atoms. The van der Waals surface area contributed by atoms with Crippen molar-refractivity contribution in [2.75, 3.05) is 0 Å². The molecule has 0 unspecified atom stereocenters. The number of aryl methyl sites for hydroxylation is 2. The topological polar surface area (TPSA) is 66.5 Å². The van der Waals surface area contributed by atoms with Crippen molar-refractivity contribution in [3.05, 3.63) is 47.0 Å². The van der Waals surface area contributed by atoms with E-state index in [-0.39, 0.29) is 0 Å². The van der Waals surface area contributed by atoms with Gasteiger partial charge in [-0.3, -0.25) is 0 Å². The lowest BCUT2D eigenvalue weighted by atomic mass is 10.1. The predicted molar refractivity (Wildman–Crippen MR) is 74.9 cm³/mol. The van der Waals surface area contributed by atoms with Gasteiger partial charge in [-0.25, -0.2) is 9.67 Å². The van der Waals surface area contributed by atoms with E-state index < -0.39 is 0 Å². The van der Waals surface area contributed by atoms with Gasteiger partial charge in [-0.15, -0.1) is 0 Å². The van der Waals surface area contributed by atoms with Gasteiger partial charge in [0.05, 0.1) is 18.2 Å². The molecule has 1 aliphatic heterocycles. The van der Waals surface area contributed by atoms with E-state index >= 15 is 0 Å². The second-order valence-electron chi connectivity index (χ2n) is 5.19. The number of hydrogen-bond acceptors (Lipinski definition) is 4. The number of rotatable bonds is 3. The van der Waals surface area contributed by atoms with Crippen molar-refractivity contribution in [3.63, 3.8) is 0 Å². The van der Waals surface area contributed by atoms with Crippen molar-refractivity contribution in [2.24, 2.45) is 0 Å². The molecule has 2 heterocycles. The second kappa shape index (κ2) is 5.43. The van der Waals surface area contributed by atoms with Crippen LogP contribution in [0.3, 0.4) is 0 Å². The molecule has 0 amide bonds. The Balaban J connectivity index is 1.61. The first kappa shape index (κ1) is 12.8. The maximum absolute atomic E-state index is 8.90. The van der Waals surface area contributed by atoms with Crippen LogP contribution in [0.25, 0.3) is 0 Å². The quantitative estimate of drug-likeness (QED) is 0.916. The molecule has 2 aromatic rings. The van der Waals surface area contributed by atoms with E-state index in [0.717, 1.165) is 43.1 Å². The third-order valence-electron chi connectivity index (χ3n) is 3.61. The lowest BCUT2D eigenvalue weighted by Crippen LogP contribution is -2.37. The Morgan fingerprint density at radius 3 is 3.25 bits per heavy atom. The fraction of sp³-hybridized carbons (Fsp3) is 0.400. The fourth-order valence-corrected chi connectivity index (χ4v) is 2.61. The maximum Gasteiger partial charge on any atom is 0.147 e. The second-order valence-corrected chi connectivity index (χ2v) is 5.19. The SMILES string of the molecule is Cc1nc2n(n1)C[C@@H](NCc1cccc(C#N)c1)CC2. The molecule has 0 saturated carbocycles. The lowest BCUT2D eigenvalue weighted by molar-refractivity contribution is 0.357. The Bertz CT molecular complexity index is 653. The monoisotopic (exact) mass is 267 g/mol. The summed E-state index contributed by atoms with van der Waals surface area (Å²) < 4.78 is 2.00. The molecule has 5 nitrogen and oxygen atoms in total. The summed E-state index contributed by atoms with van der Waals surface area (Å²) in [4.78, 5) is 4.41. The molecule has 0 saturated heterocycles. The molecule has 1 N–H and O–H groups in total. The molecule has 3 rings (SSSR count). The Morgan fingerprint density at radius 1 is 1.50 bits per heavy atom. The van der Waals surface area contributed by atoms with Crippen LogP contribution in [0.2, 0.25) is 0 Å². The summed E-state index contributed by atoms with van der Waals surface area (Å²) in [6.45, 7) is 3.58. The van der Waals surface area contributed by atoms with Crippen LogP contribution in [0.4, 0.5) is 0 Å². The molecule has 1 aromatic heterocycles. The first-order valence-electron chi connectivity index (χ1n) is 6.87. The molecule has 1 atom stereocenters. The van der Waals surface area contributed by atoms with Crippen molar-refractivity contribution in [2.45, 2.75) is 38.9 Å². The number of fused-ring (bicyclic) bond motifs is 1. The highest BCUT2D eigenvalue weighted by atomic mass is 15.4. The highest BCUT2D eigenvalue weighted by Gasteiger charge is 2.20. The lowest BCUT2D eigenvalue weighted by Gasteiger charge is -2.23. The average Bonchev–Trinajstić information content (AvgIpc) is 2.84. The van der Waals surface area contributed by atoms with Gasteiger partial charge >= 0.3 is 0 Å². The van der Waals surface area contributed by atoms with E-state index in [2.05, 4.69) is 21.5 Å². The maximum atomic E-state index is 8.90. The molecular formula is C15H17N5. The third kappa shape index (κ3) is 2.70. The number of nitrogens with zero attached hydrogens (tertiary/aromatic N) is 4. The van der Waals surface area contributed by atoms with Crippen LogP contribution in [0.1, 0.15) is 29.2 Å². The van der Waals surface area contributed by atoms with Gasteiger partial charge in [0.2, 0.25) is 0 Å². The summed E-state index contributed by atoms with van der Waals surface area (Å²) in [5, 5.41) is 16.8. The van der Waals surface area contributed by atoms with Gasteiger partial charge in [0.15, 0.2) is 0 Å². The largest absolute Gasteiger partial charge is 0.308 e. The molecule has 1 aliphatic rings.